The fourth-order valence-electron chi connectivity index (χ4n) is 2.34. The number of nitrogens with zero attached hydrogens (tertiary/aromatic N) is 2. The first-order valence-corrected chi connectivity index (χ1v) is 7.34. The van der Waals surface area contributed by atoms with Crippen molar-refractivity contribution in [3.8, 4) is 11.4 Å². The Morgan fingerprint density at radius 1 is 1.29 bits per heavy atom. The van der Waals surface area contributed by atoms with Crippen LogP contribution in [-0.2, 0) is 10.9 Å². The number of hydrogen-bond acceptors (Lipinski definition) is 5. The lowest BCUT2D eigenvalue weighted by atomic mass is 10.1. The number of ether oxygens (including phenoxy) is 1. The van der Waals surface area contributed by atoms with Crippen LogP contribution in [0.25, 0.3) is 11.4 Å². The van der Waals surface area contributed by atoms with Crippen molar-refractivity contribution in [1.82, 2.24) is 15.5 Å². The molecular weight excluding hydrogens is 327 g/mol. The summed E-state index contributed by atoms with van der Waals surface area (Å²) in [6.07, 6.45) is -2.75. The van der Waals surface area contributed by atoms with Gasteiger partial charge < -0.3 is 14.6 Å². The van der Waals surface area contributed by atoms with Crippen molar-refractivity contribution in [3.63, 3.8) is 0 Å². The van der Waals surface area contributed by atoms with Gasteiger partial charge in [0, 0.05) is 24.3 Å². The Balaban J connectivity index is 1.64. The summed E-state index contributed by atoms with van der Waals surface area (Å²) >= 11 is 0. The Hall–Kier alpha value is -2.42. The lowest BCUT2D eigenvalue weighted by Gasteiger charge is -2.10. The molecule has 128 valence electrons. The number of halogens is 3. The van der Waals surface area contributed by atoms with Gasteiger partial charge in [0.1, 0.15) is 0 Å². The van der Waals surface area contributed by atoms with Gasteiger partial charge in [-0.2, -0.15) is 18.2 Å². The second-order valence-corrected chi connectivity index (χ2v) is 5.34. The topological polar surface area (TPSA) is 77.2 Å². The average Bonchev–Trinajstić information content (AvgIpc) is 3.23. The minimum atomic E-state index is -4.69. The monoisotopic (exact) mass is 341 g/mol. The minimum Gasteiger partial charge on any atom is -0.376 e. The standard InChI is InChI=1S/C15H14F3N3O3/c16-15(17,18)14-20-12(21-24-14)9-3-5-10(6-4-9)13(22)19-8-11-2-1-7-23-11/h3-6,11H,1-2,7-8H2,(H,19,22)/t11-/m0/s1. The molecule has 1 atom stereocenters. The van der Waals surface area contributed by atoms with Gasteiger partial charge in [0.2, 0.25) is 5.82 Å². The van der Waals surface area contributed by atoms with Crippen LogP contribution in [0.15, 0.2) is 28.8 Å². The van der Waals surface area contributed by atoms with E-state index in [0.717, 1.165) is 12.8 Å². The Labute approximate surface area is 135 Å². The maximum atomic E-state index is 12.4. The Morgan fingerprint density at radius 3 is 2.62 bits per heavy atom. The van der Waals surface area contributed by atoms with Crippen LogP contribution in [-0.4, -0.2) is 35.3 Å². The SMILES string of the molecule is O=C(NC[C@@H]1CCCO1)c1ccc(-c2noc(C(F)(F)F)n2)cc1. The van der Waals surface area contributed by atoms with Crippen LogP contribution in [0.2, 0.25) is 0 Å². The molecule has 0 aliphatic carbocycles. The van der Waals surface area contributed by atoms with E-state index in [1.165, 1.54) is 24.3 Å². The molecule has 0 spiro atoms. The van der Waals surface area contributed by atoms with Crippen LogP contribution >= 0.6 is 0 Å². The summed E-state index contributed by atoms with van der Waals surface area (Å²) in [6, 6.07) is 5.91. The normalized spacial score (nSPS) is 17.9. The molecule has 0 radical (unpaired) electrons. The van der Waals surface area contributed by atoms with Crippen molar-refractivity contribution in [2.24, 2.45) is 0 Å². The summed E-state index contributed by atoms with van der Waals surface area (Å²) in [5.41, 5.74) is 0.709. The molecule has 0 bridgehead atoms. The Morgan fingerprint density at radius 2 is 2.04 bits per heavy atom. The van der Waals surface area contributed by atoms with E-state index < -0.39 is 12.1 Å². The molecule has 1 N–H and O–H groups in total. The van der Waals surface area contributed by atoms with Crippen molar-refractivity contribution < 1.29 is 27.2 Å². The number of nitrogens with one attached hydrogen (secondary N) is 1. The van der Waals surface area contributed by atoms with E-state index in [2.05, 4.69) is 20.0 Å². The molecule has 0 unspecified atom stereocenters. The van der Waals surface area contributed by atoms with Gasteiger partial charge in [-0.25, -0.2) is 0 Å². The van der Waals surface area contributed by atoms with Crippen molar-refractivity contribution >= 4 is 5.91 Å². The number of hydrogen-bond donors (Lipinski definition) is 1. The molecule has 6 nitrogen and oxygen atoms in total. The molecule has 3 rings (SSSR count). The number of benzene rings is 1. The molecule has 1 amide bonds. The second kappa shape index (κ2) is 6.60. The summed E-state index contributed by atoms with van der Waals surface area (Å²) in [7, 11) is 0. The van der Waals surface area contributed by atoms with E-state index in [1.807, 2.05) is 0 Å². The number of alkyl halides is 3. The van der Waals surface area contributed by atoms with Crippen LogP contribution in [0.3, 0.4) is 0 Å². The molecule has 1 aromatic heterocycles. The molecule has 1 fully saturated rings. The van der Waals surface area contributed by atoms with E-state index in [-0.39, 0.29) is 17.8 Å². The van der Waals surface area contributed by atoms with Crippen molar-refractivity contribution in [2.75, 3.05) is 13.2 Å². The molecule has 1 aliphatic rings. The molecule has 1 aromatic carbocycles. The number of carbonyl (C=O) groups excluding carboxylic acids is 1. The van der Waals surface area contributed by atoms with Crippen molar-refractivity contribution in [3.05, 3.63) is 35.7 Å². The summed E-state index contributed by atoms with van der Waals surface area (Å²) < 4.78 is 46.9. The maximum Gasteiger partial charge on any atom is 0.471 e. The summed E-state index contributed by atoms with van der Waals surface area (Å²) in [5, 5.41) is 6.05. The van der Waals surface area contributed by atoms with Gasteiger partial charge in [0.15, 0.2) is 0 Å². The molecule has 0 saturated carbocycles. The fourth-order valence-corrected chi connectivity index (χ4v) is 2.34. The number of carbonyl (C=O) groups is 1. The molecule has 9 heteroatoms. The van der Waals surface area contributed by atoms with Crippen molar-refractivity contribution in [1.29, 1.82) is 0 Å². The van der Waals surface area contributed by atoms with Gasteiger partial charge >= 0.3 is 12.1 Å². The third-order valence-electron chi connectivity index (χ3n) is 3.59. The van der Waals surface area contributed by atoms with Crippen LogP contribution in [0.1, 0.15) is 29.1 Å². The number of amides is 1. The highest BCUT2D eigenvalue weighted by molar-refractivity contribution is 5.94. The molecule has 2 aromatic rings. The smallest absolute Gasteiger partial charge is 0.376 e. The largest absolute Gasteiger partial charge is 0.471 e. The summed E-state index contributed by atoms with van der Waals surface area (Å²) in [4.78, 5) is 15.3. The Kier molecular flexibility index (Phi) is 4.52. The lowest BCUT2D eigenvalue weighted by Crippen LogP contribution is -2.31. The van der Waals surface area contributed by atoms with Gasteiger partial charge in [-0.05, 0) is 25.0 Å². The average molecular weight is 341 g/mol. The van der Waals surface area contributed by atoms with Gasteiger partial charge in [-0.3, -0.25) is 4.79 Å². The highest BCUT2D eigenvalue weighted by atomic mass is 19.4. The van der Waals surface area contributed by atoms with Gasteiger partial charge in [0.25, 0.3) is 5.91 Å². The predicted molar refractivity (Wildman–Crippen MR) is 76.0 cm³/mol. The minimum absolute atomic E-state index is 0.0355. The third-order valence-corrected chi connectivity index (χ3v) is 3.59. The van der Waals surface area contributed by atoms with Crippen LogP contribution in [0.5, 0.6) is 0 Å². The zero-order valence-electron chi connectivity index (χ0n) is 12.5. The second-order valence-electron chi connectivity index (χ2n) is 5.34. The van der Waals surface area contributed by atoms with Gasteiger partial charge in [-0.15, -0.1) is 0 Å². The zero-order valence-corrected chi connectivity index (χ0v) is 12.5. The quantitative estimate of drug-likeness (QED) is 0.925. The van der Waals surface area contributed by atoms with E-state index in [1.54, 1.807) is 0 Å². The van der Waals surface area contributed by atoms with Gasteiger partial charge in [-0.1, -0.05) is 17.3 Å². The summed E-state index contributed by atoms with van der Waals surface area (Å²) in [6.45, 7) is 1.14. The van der Waals surface area contributed by atoms with E-state index in [0.29, 0.717) is 24.3 Å². The van der Waals surface area contributed by atoms with Gasteiger partial charge in [0.05, 0.1) is 6.10 Å². The molecular formula is C15H14F3N3O3. The number of rotatable bonds is 4. The third kappa shape index (κ3) is 3.73. The molecule has 24 heavy (non-hydrogen) atoms. The van der Waals surface area contributed by atoms with Crippen molar-refractivity contribution in [2.45, 2.75) is 25.1 Å². The van der Waals surface area contributed by atoms with Crippen LogP contribution < -0.4 is 5.32 Å². The predicted octanol–water partition coefficient (Wildman–Crippen LogP) is 2.66. The van der Waals surface area contributed by atoms with E-state index in [9.17, 15) is 18.0 Å². The lowest BCUT2D eigenvalue weighted by molar-refractivity contribution is -0.159. The summed E-state index contributed by atoms with van der Waals surface area (Å²) in [5.74, 6) is -1.87. The first-order valence-electron chi connectivity index (χ1n) is 7.34. The van der Waals surface area contributed by atoms with E-state index in [4.69, 9.17) is 4.74 Å². The first kappa shape index (κ1) is 16.4. The highest BCUT2D eigenvalue weighted by Crippen LogP contribution is 2.29. The van der Waals surface area contributed by atoms with Crippen LogP contribution in [0, 0.1) is 0 Å². The van der Waals surface area contributed by atoms with E-state index >= 15 is 0 Å². The highest BCUT2D eigenvalue weighted by Gasteiger charge is 2.38. The molecule has 1 aliphatic heterocycles. The maximum absolute atomic E-state index is 12.4. The zero-order chi connectivity index (χ0) is 17.2. The first-order chi connectivity index (χ1) is 11.4. The van der Waals surface area contributed by atoms with Crippen LogP contribution in [0.4, 0.5) is 13.2 Å². The molecule has 1 saturated heterocycles. The molecule has 2 heterocycles. The fraction of sp³-hybridized carbons (Fsp3) is 0.400. The number of aromatic nitrogens is 2. The Bertz CT molecular complexity index is 707.